The summed E-state index contributed by atoms with van der Waals surface area (Å²) in [6.45, 7) is 5.82. The summed E-state index contributed by atoms with van der Waals surface area (Å²) in [6, 6.07) is 0.280. The Labute approximate surface area is 120 Å². The molecular formula is C15H24N2O3. The predicted octanol–water partition coefficient (Wildman–Crippen LogP) is 1.69. The van der Waals surface area contributed by atoms with E-state index in [1.807, 2.05) is 4.90 Å². The highest BCUT2D eigenvalue weighted by Gasteiger charge is 2.41. The van der Waals surface area contributed by atoms with Gasteiger partial charge in [0.25, 0.3) is 0 Å². The minimum atomic E-state index is -0.145. The van der Waals surface area contributed by atoms with Crippen molar-refractivity contribution in [3.63, 3.8) is 0 Å². The second-order valence-corrected chi connectivity index (χ2v) is 6.23. The number of carbonyl (C=O) groups is 1. The van der Waals surface area contributed by atoms with Crippen molar-refractivity contribution < 1.29 is 14.3 Å². The van der Waals surface area contributed by atoms with Gasteiger partial charge in [-0.3, -0.25) is 0 Å². The first kappa shape index (κ1) is 13.9. The average molecular weight is 280 g/mol. The van der Waals surface area contributed by atoms with E-state index < -0.39 is 0 Å². The van der Waals surface area contributed by atoms with E-state index in [9.17, 15) is 4.79 Å². The zero-order chi connectivity index (χ0) is 14.0. The Morgan fingerprint density at radius 3 is 3.15 bits per heavy atom. The van der Waals surface area contributed by atoms with Crippen LogP contribution in [0.2, 0.25) is 0 Å². The maximum absolute atomic E-state index is 12.3. The van der Waals surface area contributed by atoms with Gasteiger partial charge in [-0.05, 0) is 26.2 Å². The molecule has 5 heteroatoms. The summed E-state index contributed by atoms with van der Waals surface area (Å²) in [4.78, 5) is 14.2. The third-order valence-electron chi connectivity index (χ3n) is 4.51. The lowest BCUT2D eigenvalue weighted by Gasteiger charge is -2.38. The SMILES string of the molecule is CC1=CCCN(C(=O)N[C@@H]2CCO[C@@]3(CCOC3)C2)C1. The maximum atomic E-state index is 12.3. The van der Waals surface area contributed by atoms with Crippen LogP contribution in [0.1, 0.15) is 32.6 Å². The molecule has 3 heterocycles. The van der Waals surface area contributed by atoms with Crippen molar-refractivity contribution in [2.75, 3.05) is 32.9 Å². The molecule has 0 radical (unpaired) electrons. The molecule has 112 valence electrons. The molecule has 0 bridgehead atoms. The zero-order valence-electron chi connectivity index (χ0n) is 12.2. The van der Waals surface area contributed by atoms with Gasteiger partial charge in [0.15, 0.2) is 0 Å². The minimum absolute atomic E-state index is 0.0680. The first-order valence-electron chi connectivity index (χ1n) is 7.60. The molecule has 1 N–H and O–H groups in total. The molecule has 5 nitrogen and oxygen atoms in total. The summed E-state index contributed by atoms with van der Waals surface area (Å²) in [5.41, 5.74) is 1.13. The van der Waals surface area contributed by atoms with Crippen LogP contribution in [0, 0.1) is 0 Å². The number of hydrogen-bond donors (Lipinski definition) is 1. The Bertz CT molecular complexity index is 402. The Balaban J connectivity index is 1.54. The molecule has 2 fully saturated rings. The van der Waals surface area contributed by atoms with Crippen molar-refractivity contribution in [2.24, 2.45) is 0 Å². The Hall–Kier alpha value is -1.07. The molecule has 1 spiro atoms. The van der Waals surface area contributed by atoms with Gasteiger partial charge in [-0.1, -0.05) is 11.6 Å². The molecular weight excluding hydrogens is 256 g/mol. The fourth-order valence-electron chi connectivity index (χ4n) is 3.36. The predicted molar refractivity (Wildman–Crippen MR) is 75.6 cm³/mol. The van der Waals surface area contributed by atoms with E-state index in [2.05, 4.69) is 18.3 Å². The average Bonchev–Trinajstić information content (AvgIpc) is 2.87. The molecule has 2 amide bonds. The summed E-state index contributed by atoms with van der Waals surface area (Å²) in [6.07, 6.45) is 5.90. The van der Waals surface area contributed by atoms with Crippen molar-refractivity contribution in [3.05, 3.63) is 11.6 Å². The van der Waals surface area contributed by atoms with Crippen LogP contribution in [0.4, 0.5) is 4.79 Å². The molecule has 0 aromatic rings. The molecule has 20 heavy (non-hydrogen) atoms. The van der Waals surface area contributed by atoms with E-state index >= 15 is 0 Å². The van der Waals surface area contributed by atoms with Gasteiger partial charge in [-0.25, -0.2) is 4.79 Å². The van der Waals surface area contributed by atoms with Crippen LogP contribution >= 0.6 is 0 Å². The van der Waals surface area contributed by atoms with Crippen LogP contribution in [0.3, 0.4) is 0 Å². The summed E-state index contributed by atoms with van der Waals surface area (Å²) in [5, 5.41) is 3.18. The Morgan fingerprint density at radius 2 is 2.40 bits per heavy atom. The quantitative estimate of drug-likeness (QED) is 0.744. The van der Waals surface area contributed by atoms with Crippen LogP contribution in [0.5, 0.6) is 0 Å². The lowest BCUT2D eigenvalue weighted by Crippen LogP contribution is -2.52. The molecule has 0 unspecified atom stereocenters. The number of rotatable bonds is 1. The Kier molecular flexibility index (Phi) is 3.98. The minimum Gasteiger partial charge on any atom is -0.378 e. The first-order valence-corrected chi connectivity index (χ1v) is 7.60. The lowest BCUT2D eigenvalue weighted by atomic mass is 9.90. The van der Waals surface area contributed by atoms with Gasteiger partial charge in [0.2, 0.25) is 0 Å². The van der Waals surface area contributed by atoms with Gasteiger partial charge in [-0.15, -0.1) is 0 Å². The number of hydrogen-bond acceptors (Lipinski definition) is 3. The van der Waals surface area contributed by atoms with Crippen molar-refractivity contribution in [2.45, 2.75) is 44.2 Å². The van der Waals surface area contributed by atoms with E-state index in [0.29, 0.717) is 13.2 Å². The molecule has 2 atom stereocenters. The van der Waals surface area contributed by atoms with Crippen molar-refractivity contribution >= 4 is 6.03 Å². The van der Waals surface area contributed by atoms with Crippen LogP contribution < -0.4 is 5.32 Å². The van der Waals surface area contributed by atoms with Crippen LogP contribution in [0.15, 0.2) is 11.6 Å². The number of ether oxygens (including phenoxy) is 2. The molecule has 0 aliphatic carbocycles. The van der Waals surface area contributed by atoms with E-state index in [0.717, 1.165) is 45.4 Å². The summed E-state index contributed by atoms with van der Waals surface area (Å²) in [7, 11) is 0. The summed E-state index contributed by atoms with van der Waals surface area (Å²) in [5.74, 6) is 0. The van der Waals surface area contributed by atoms with Gasteiger partial charge < -0.3 is 19.7 Å². The summed E-state index contributed by atoms with van der Waals surface area (Å²) < 4.78 is 11.4. The number of amides is 2. The van der Waals surface area contributed by atoms with Gasteiger partial charge >= 0.3 is 6.03 Å². The molecule has 3 rings (SSSR count). The van der Waals surface area contributed by atoms with Gasteiger partial charge in [-0.2, -0.15) is 0 Å². The van der Waals surface area contributed by atoms with Crippen LogP contribution in [-0.2, 0) is 9.47 Å². The molecule has 0 saturated carbocycles. The zero-order valence-corrected chi connectivity index (χ0v) is 12.2. The third kappa shape index (κ3) is 2.99. The number of urea groups is 1. The van der Waals surface area contributed by atoms with E-state index in [1.54, 1.807) is 0 Å². The number of nitrogens with zero attached hydrogens (tertiary/aromatic N) is 1. The largest absolute Gasteiger partial charge is 0.378 e. The molecule has 2 saturated heterocycles. The topological polar surface area (TPSA) is 50.8 Å². The standard InChI is InChI=1S/C15H24N2O3/c1-12-3-2-6-17(10-12)14(18)16-13-4-7-20-15(9-13)5-8-19-11-15/h3,13H,2,4-11H2,1H3,(H,16,18)/t13-,15+/m1/s1. The molecule has 0 aromatic carbocycles. The van der Waals surface area contributed by atoms with Gasteiger partial charge in [0.05, 0.1) is 12.2 Å². The van der Waals surface area contributed by atoms with E-state index in [4.69, 9.17) is 9.47 Å². The lowest BCUT2D eigenvalue weighted by molar-refractivity contribution is -0.0881. The number of carbonyl (C=O) groups excluding carboxylic acids is 1. The number of nitrogens with one attached hydrogen (secondary N) is 1. The van der Waals surface area contributed by atoms with Crippen LogP contribution in [-0.4, -0.2) is 55.5 Å². The second-order valence-electron chi connectivity index (χ2n) is 6.23. The third-order valence-corrected chi connectivity index (χ3v) is 4.51. The fourth-order valence-corrected chi connectivity index (χ4v) is 3.36. The van der Waals surface area contributed by atoms with Gasteiger partial charge in [0, 0.05) is 38.8 Å². The van der Waals surface area contributed by atoms with E-state index in [1.165, 1.54) is 5.57 Å². The van der Waals surface area contributed by atoms with Gasteiger partial charge in [0.1, 0.15) is 0 Å². The smallest absolute Gasteiger partial charge is 0.317 e. The van der Waals surface area contributed by atoms with Crippen molar-refractivity contribution in [1.82, 2.24) is 10.2 Å². The molecule has 3 aliphatic heterocycles. The second kappa shape index (κ2) is 5.74. The molecule has 0 aromatic heterocycles. The first-order chi connectivity index (χ1) is 9.67. The van der Waals surface area contributed by atoms with Crippen molar-refractivity contribution in [3.8, 4) is 0 Å². The highest BCUT2D eigenvalue weighted by atomic mass is 16.6. The fraction of sp³-hybridized carbons (Fsp3) is 0.800. The van der Waals surface area contributed by atoms with Crippen molar-refractivity contribution in [1.29, 1.82) is 0 Å². The monoisotopic (exact) mass is 280 g/mol. The highest BCUT2D eigenvalue weighted by molar-refractivity contribution is 5.75. The van der Waals surface area contributed by atoms with E-state index in [-0.39, 0.29) is 17.7 Å². The highest BCUT2D eigenvalue weighted by Crippen LogP contribution is 2.32. The maximum Gasteiger partial charge on any atom is 0.317 e. The summed E-state index contributed by atoms with van der Waals surface area (Å²) >= 11 is 0. The molecule has 3 aliphatic rings. The normalized spacial score (nSPS) is 34.1. The van der Waals surface area contributed by atoms with Crippen LogP contribution in [0.25, 0.3) is 0 Å². The Morgan fingerprint density at radius 1 is 1.50 bits per heavy atom.